The summed E-state index contributed by atoms with van der Waals surface area (Å²) >= 11 is 0. The third-order valence-corrected chi connectivity index (χ3v) is 4.25. The van der Waals surface area contributed by atoms with Gasteiger partial charge in [0.15, 0.2) is 11.5 Å². The van der Waals surface area contributed by atoms with Crippen LogP contribution in [0.25, 0.3) is 32.9 Å². The van der Waals surface area contributed by atoms with Gasteiger partial charge < -0.3 is 9.47 Å². The lowest BCUT2D eigenvalue weighted by atomic mass is 9.96. The summed E-state index contributed by atoms with van der Waals surface area (Å²) in [6.07, 6.45) is 0. The van der Waals surface area contributed by atoms with Crippen molar-refractivity contribution < 1.29 is 9.47 Å². The first kappa shape index (κ1) is 14.5. The fourth-order valence-corrected chi connectivity index (χ4v) is 3.13. The first-order valence-electron chi connectivity index (χ1n) is 7.81. The van der Waals surface area contributed by atoms with Crippen LogP contribution in [0.2, 0.25) is 0 Å². The van der Waals surface area contributed by atoms with Gasteiger partial charge in [-0.3, -0.25) is 0 Å². The fourth-order valence-electron chi connectivity index (χ4n) is 3.13. The van der Waals surface area contributed by atoms with Crippen LogP contribution in [0.4, 0.5) is 0 Å². The van der Waals surface area contributed by atoms with Crippen LogP contribution >= 0.6 is 0 Å². The summed E-state index contributed by atoms with van der Waals surface area (Å²) in [6.45, 7) is 0. The highest BCUT2D eigenvalue weighted by Gasteiger charge is 2.14. The van der Waals surface area contributed by atoms with E-state index in [1.165, 1.54) is 0 Å². The Morgan fingerprint density at radius 2 is 1.33 bits per heavy atom. The summed E-state index contributed by atoms with van der Waals surface area (Å²) < 4.78 is 10.9. The van der Waals surface area contributed by atoms with Crippen molar-refractivity contribution in [1.82, 2.24) is 4.98 Å². The summed E-state index contributed by atoms with van der Waals surface area (Å²) in [5.74, 6) is 1.39. The van der Waals surface area contributed by atoms with Gasteiger partial charge in [0.05, 0.1) is 25.3 Å². The third-order valence-electron chi connectivity index (χ3n) is 4.25. The number of fused-ring (bicyclic) bond motifs is 2. The maximum atomic E-state index is 5.49. The first-order chi connectivity index (χ1) is 11.8. The molecule has 0 atom stereocenters. The Bertz CT molecular complexity index is 1030. The lowest BCUT2D eigenvalue weighted by Crippen LogP contribution is -1.94. The number of pyridine rings is 1. The highest BCUT2D eigenvalue weighted by molar-refractivity contribution is 6.10. The number of hydrogen-bond donors (Lipinski definition) is 0. The first-order valence-corrected chi connectivity index (χ1v) is 7.81. The maximum Gasteiger partial charge on any atom is 0.162 e. The van der Waals surface area contributed by atoms with Crippen molar-refractivity contribution >= 4 is 21.8 Å². The summed E-state index contributed by atoms with van der Waals surface area (Å²) in [4.78, 5) is 4.81. The SMILES string of the molecule is COc1cc2nc3ccccc3c(-c3ccccc3)c2cc1OC. The molecule has 0 radical (unpaired) electrons. The van der Waals surface area contributed by atoms with Crippen LogP contribution in [0.5, 0.6) is 11.5 Å². The quantitative estimate of drug-likeness (QED) is 0.494. The van der Waals surface area contributed by atoms with E-state index in [0.29, 0.717) is 11.5 Å². The number of aromatic nitrogens is 1. The molecule has 4 rings (SSSR count). The van der Waals surface area contributed by atoms with Gasteiger partial charge in [-0.15, -0.1) is 0 Å². The van der Waals surface area contributed by atoms with Gasteiger partial charge in [0.1, 0.15) is 0 Å². The minimum absolute atomic E-state index is 0.687. The number of ether oxygens (including phenoxy) is 2. The molecule has 0 saturated carbocycles. The number of methoxy groups -OCH3 is 2. The van der Waals surface area contributed by atoms with E-state index in [1.807, 2.05) is 36.4 Å². The van der Waals surface area contributed by atoms with E-state index in [1.54, 1.807) is 14.2 Å². The van der Waals surface area contributed by atoms with E-state index in [0.717, 1.165) is 32.9 Å². The molecular formula is C21H17NO2. The number of hydrogen-bond acceptors (Lipinski definition) is 3. The van der Waals surface area contributed by atoms with Crippen LogP contribution < -0.4 is 9.47 Å². The molecule has 4 aromatic rings. The Labute approximate surface area is 140 Å². The Balaban J connectivity index is 2.18. The molecule has 3 heteroatoms. The molecule has 0 amide bonds. The van der Waals surface area contributed by atoms with Crippen molar-refractivity contribution in [2.75, 3.05) is 14.2 Å². The van der Waals surface area contributed by atoms with Gasteiger partial charge in [-0.05, 0) is 17.7 Å². The van der Waals surface area contributed by atoms with Crippen molar-refractivity contribution in [3.05, 3.63) is 66.7 Å². The molecule has 3 nitrogen and oxygen atoms in total. The molecule has 0 aliphatic heterocycles. The van der Waals surface area contributed by atoms with Gasteiger partial charge in [-0.25, -0.2) is 4.98 Å². The van der Waals surface area contributed by atoms with E-state index in [9.17, 15) is 0 Å². The highest BCUT2D eigenvalue weighted by Crippen LogP contribution is 2.39. The van der Waals surface area contributed by atoms with Crippen LogP contribution in [0.15, 0.2) is 66.7 Å². The van der Waals surface area contributed by atoms with Crippen molar-refractivity contribution in [2.45, 2.75) is 0 Å². The highest BCUT2D eigenvalue weighted by atomic mass is 16.5. The average molecular weight is 315 g/mol. The molecule has 0 saturated heterocycles. The van der Waals surface area contributed by atoms with Gasteiger partial charge in [0, 0.05) is 22.4 Å². The second kappa shape index (κ2) is 5.85. The molecule has 1 heterocycles. The molecule has 0 spiro atoms. The fraction of sp³-hybridized carbons (Fsp3) is 0.0952. The van der Waals surface area contributed by atoms with Crippen molar-refractivity contribution in [3.8, 4) is 22.6 Å². The van der Waals surface area contributed by atoms with Crippen molar-refractivity contribution in [2.24, 2.45) is 0 Å². The predicted octanol–water partition coefficient (Wildman–Crippen LogP) is 5.07. The Hall–Kier alpha value is -3.07. The number of para-hydroxylation sites is 1. The lowest BCUT2D eigenvalue weighted by Gasteiger charge is -2.14. The third kappa shape index (κ3) is 2.26. The lowest BCUT2D eigenvalue weighted by molar-refractivity contribution is 0.356. The standard InChI is InChI=1S/C21H17NO2/c1-23-19-12-16-18(13-20(19)24-2)22-17-11-7-6-10-15(17)21(16)14-8-4-3-5-9-14/h3-13H,1-2H3. The van der Waals surface area contributed by atoms with E-state index in [-0.39, 0.29) is 0 Å². The molecule has 0 aliphatic rings. The molecular weight excluding hydrogens is 298 g/mol. The van der Waals surface area contributed by atoms with Gasteiger partial charge in [-0.2, -0.15) is 0 Å². The second-order valence-corrected chi connectivity index (χ2v) is 5.59. The zero-order valence-corrected chi connectivity index (χ0v) is 13.6. The van der Waals surface area contributed by atoms with Crippen LogP contribution in [0.3, 0.4) is 0 Å². The molecule has 0 N–H and O–H groups in total. The molecule has 118 valence electrons. The van der Waals surface area contributed by atoms with Gasteiger partial charge in [0.25, 0.3) is 0 Å². The van der Waals surface area contributed by atoms with Gasteiger partial charge in [-0.1, -0.05) is 48.5 Å². The number of nitrogens with zero attached hydrogens (tertiary/aromatic N) is 1. The minimum Gasteiger partial charge on any atom is -0.493 e. The van der Waals surface area contributed by atoms with Crippen molar-refractivity contribution in [3.63, 3.8) is 0 Å². The molecule has 24 heavy (non-hydrogen) atoms. The Kier molecular flexibility index (Phi) is 3.54. The zero-order chi connectivity index (χ0) is 16.5. The molecule has 0 unspecified atom stereocenters. The molecule has 0 fully saturated rings. The summed E-state index contributed by atoms with van der Waals surface area (Å²) in [5, 5.41) is 2.18. The summed E-state index contributed by atoms with van der Waals surface area (Å²) in [5.41, 5.74) is 4.19. The minimum atomic E-state index is 0.687. The topological polar surface area (TPSA) is 31.4 Å². The van der Waals surface area contributed by atoms with Crippen LogP contribution in [-0.2, 0) is 0 Å². The summed E-state index contributed by atoms with van der Waals surface area (Å²) in [6, 6.07) is 22.5. The van der Waals surface area contributed by atoms with Crippen LogP contribution in [-0.4, -0.2) is 19.2 Å². The molecule has 0 bridgehead atoms. The number of benzene rings is 3. The van der Waals surface area contributed by atoms with Crippen molar-refractivity contribution in [1.29, 1.82) is 0 Å². The maximum absolute atomic E-state index is 5.49. The molecule has 1 aromatic heterocycles. The van der Waals surface area contributed by atoms with E-state index in [4.69, 9.17) is 14.5 Å². The van der Waals surface area contributed by atoms with E-state index < -0.39 is 0 Å². The molecule has 3 aromatic carbocycles. The largest absolute Gasteiger partial charge is 0.493 e. The zero-order valence-electron chi connectivity index (χ0n) is 13.6. The monoisotopic (exact) mass is 315 g/mol. The van der Waals surface area contributed by atoms with Gasteiger partial charge in [0.2, 0.25) is 0 Å². The van der Waals surface area contributed by atoms with Crippen LogP contribution in [0.1, 0.15) is 0 Å². The average Bonchev–Trinajstić information content (AvgIpc) is 2.65. The summed E-state index contributed by atoms with van der Waals surface area (Å²) in [7, 11) is 3.29. The Morgan fingerprint density at radius 3 is 2.08 bits per heavy atom. The van der Waals surface area contributed by atoms with E-state index >= 15 is 0 Å². The molecule has 0 aliphatic carbocycles. The Morgan fingerprint density at radius 1 is 0.667 bits per heavy atom. The van der Waals surface area contributed by atoms with E-state index in [2.05, 4.69) is 30.3 Å². The smallest absolute Gasteiger partial charge is 0.162 e. The number of rotatable bonds is 3. The predicted molar refractivity (Wildman–Crippen MR) is 97.8 cm³/mol. The van der Waals surface area contributed by atoms with Gasteiger partial charge >= 0.3 is 0 Å². The normalized spacial score (nSPS) is 10.9. The second-order valence-electron chi connectivity index (χ2n) is 5.59. The van der Waals surface area contributed by atoms with Crippen LogP contribution in [0, 0.1) is 0 Å².